The van der Waals surface area contributed by atoms with Gasteiger partial charge in [-0.25, -0.2) is 19.2 Å². The number of piperidine rings is 1. The lowest BCUT2D eigenvalue weighted by molar-refractivity contribution is -0.150. The van der Waals surface area contributed by atoms with Crippen LogP contribution in [-0.4, -0.2) is 105 Å². The number of carbonyl (C=O) groups excluding carboxylic acids is 3. The van der Waals surface area contributed by atoms with Gasteiger partial charge in [-0.05, 0) is 68.8 Å². The number of carbonyl (C=O) groups is 3. The van der Waals surface area contributed by atoms with E-state index in [9.17, 15) is 23.9 Å². The third-order valence-corrected chi connectivity index (χ3v) is 10.5. The van der Waals surface area contributed by atoms with Crippen LogP contribution in [0.3, 0.4) is 0 Å². The zero-order chi connectivity index (χ0) is 37.1. The van der Waals surface area contributed by atoms with E-state index in [1.54, 1.807) is 30.3 Å². The van der Waals surface area contributed by atoms with E-state index in [2.05, 4.69) is 14.8 Å². The Balaban J connectivity index is 0.981. The molecular formula is C38H42ClFN6O7. The van der Waals surface area contributed by atoms with Crippen molar-refractivity contribution >= 4 is 40.4 Å². The molecule has 5 heterocycles. The standard InChI is InChI=1S/C38H42ClFN6O7/c1-51-38(50)33-17-27(47)19-46(33)36(48)18-41-37(49)24-6-8-32-31(15-24)42-34(45(32)20-28-11-14-52-28)21-44-12-9-23(10-13-44)30-3-2-4-35(43-30)53-22-25-5-7-26(39)16-29(25)40/h2-8,15-16,23,27-28,33,47H,9-14,17-22H2,1H3,(H,41,49)/t27-,28+,33+/m1/s1. The normalized spacial score (nSPS) is 20.7. The molecule has 0 aliphatic carbocycles. The van der Waals surface area contributed by atoms with Crippen molar-refractivity contribution in [2.75, 3.05) is 39.9 Å². The van der Waals surface area contributed by atoms with Crippen LogP contribution in [0.25, 0.3) is 11.0 Å². The topological polar surface area (TPSA) is 148 Å². The number of likely N-dealkylation sites (tertiary alicyclic amines) is 2. The third kappa shape index (κ3) is 8.46. The Hall–Kier alpha value is -4.63. The summed E-state index contributed by atoms with van der Waals surface area (Å²) in [6.45, 7) is 3.40. The number of imidazole rings is 1. The van der Waals surface area contributed by atoms with E-state index in [-0.39, 0.29) is 38.1 Å². The maximum Gasteiger partial charge on any atom is 0.328 e. The summed E-state index contributed by atoms with van der Waals surface area (Å²) in [5.74, 6) is -0.370. The van der Waals surface area contributed by atoms with Crippen LogP contribution < -0.4 is 10.1 Å². The van der Waals surface area contributed by atoms with Gasteiger partial charge in [0.2, 0.25) is 11.8 Å². The number of methoxy groups -OCH3 is 1. The second-order valence-electron chi connectivity index (χ2n) is 13.8. The van der Waals surface area contributed by atoms with Gasteiger partial charge in [0.15, 0.2) is 0 Å². The van der Waals surface area contributed by atoms with Crippen molar-refractivity contribution in [3.63, 3.8) is 0 Å². The molecule has 2 aromatic heterocycles. The summed E-state index contributed by atoms with van der Waals surface area (Å²) in [4.78, 5) is 51.5. The molecule has 4 aromatic rings. The number of pyridine rings is 1. The first-order chi connectivity index (χ1) is 25.6. The molecule has 3 fully saturated rings. The molecule has 2 aromatic carbocycles. The minimum Gasteiger partial charge on any atom is -0.473 e. The number of rotatable bonds is 12. The van der Waals surface area contributed by atoms with Crippen LogP contribution >= 0.6 is 11.6 Å². The SMILES string of the molecule is COC(=O)[C@@H]1C[C@@H](O)CN1C(=O)CNC(=O)c1ccc2c(c1)nc(CN1CCC(c3cccc(OCc4ccc(Cl)cc4F)n3)CC1)n2C[C@@H]1CCO1. The maximum absolute atomic E-state index is 14.2. The number of halogens is 2. The largest absolute Gasteiger partial charge is 0.473 e. The fourth-order valence-corrected chi connectivity index (χ4v) is 7.36. The molecule has 3 atom stereocenters. The van der Waals surface area contributed by atoms with Gasteiger partial charge in [0.05, 0.1) is 50.0 Å². The van der Waals surface area contributed by atoms with Gasteiger partial charge in [0, 0.05) is 53.4 Å². The zero-order valence-electron chi connectivity index (χ0n) is 29.4. The van der Waals surface area contributed by atoms with Crippen LogP contribution in [0, 0.1) is 5.82 Å². The molecule has 13 nitrogen and oxygen atoms in total. The maximum atomic E-state index is 14.2. The number of aliphatic hydroxyl groups excluding tert-OH is 1. The number of aromatic nitrogens is 3. The van der Waals surface area contributed by atoms with E-state index in [4.69, 9.17) is 35.8 Å². The molecule has 2 amide bonds. The Morgan fingerprint density at radius 1 is 1.08 bits per heavy atom. The van der Waals surface area contributed by atoms with E-state index < -0.39 is 35.7 Å². The second kappa shape index (κ2) is 16.2. The highest BCUT2D eigenvalue weighted by molar-refractivity contribution is 6.30. The van der Waals surface area contributed by atoms with Gasteiger partial charge in [-0.3, -0.25) is 14.5 Å². The molecule has 7 rings (SSSR count). The molecule has 53 heavy (non-hydrogen) atoms. The van der Waals surface area contributed by atoms with Gasteiger partial charge in [0.1, 0.15) is 24.3 Å². The van der Waals surface area contributed by atoms with Crippen molar-refractivity contribution in [2.24, 2.45) is 0 Å². The first-order valence-electron chi connectivity index (χ1n) is 17.9. The molecule has 2 N–H and O–H groups in total. The summed E-state index contributed by atoms with van der Waals surface area (Å²) in [6.07, 6.45) is 2.11. The molecule has 15 heteroatoms. The lowest BCUT2D eigenvalue weighted by Crippen LogP contribution is -2.46. The number of β-amino-alcohol motifs (C(OH)–C–C–N with tert-alkyl or cyclic N) is 1. The number of fused-ring (bicyclic) bond motifs is 1. The first kappa shape index (κ1) is 36.7. The molecule has 3 aliphatic rings. The summed E-state index contributed by atoms with van der Waals surface area (Å²) in [6, 6.07) is 14.6. The monoisotopic (exact) mass is 748 g/mol. The summed E-state index contributed by atoms with van der Waals surface area (Å²) < 4.78 is 32.8. The molecule has 280 valence electrons. The Morgan fingerprint density at radius 3 is 2.62 bits per heavy atom. The number of hydrogen-bond donors (Lipinski definition) is 2. The number of benzene rings is 2. The van der Waals surface area contributed by atoms with Crippen molar-refractivity contribution in [1.82, 2.24) is 29.7 Å². The quantitative estimate of drug-likeness (QED) is 0.205. The smallest absolute Gasteiger partial charge is 0.328 e. The summed E-state index contributed by atoms with van der Waals surface area (Å²) in [7, 11) is 1.23. The van der Waals surface area contributed by atoms with Gasteiger partial charge in [-0.15, -0.1) is 0 Å². The van der Waals surface area contributed by atoms with Gasteiger partial charge in [-0.2, -0.15) is 0 Å². The molecule has 3 saturated heterocycles. The molecule has 3 aliphatic heterocycles. The van der Waals surface area contributed by atoms with Crippen LogP contribution in [0.4, 0.5) is 4.39 Å². The van der Waals surface area contributed by atoms with E-state index in [0.29, 0.717) is 40.6 Å². The van der Waals surface area contributed by atoms with Crippen molar-refractivity contribution in [2.45, 2.75) is 69.5 Å². The highest BCUT2D eigenvalue weighted by atomic mass is 35.5. The fourth-order valence-electron chi connectivity index (χ4n) is 7.20. The highest BCUT2D eigenvalue weighted by Crippen LogP contribution is 2.30. The van der Waals surface area contributed by atoms with Gasteiger partial charge in [0.25, 0.3) is 5.91 Å². The molecular weight excluding hydrogens is 707 g/mol. The van der Waals surface area contributed by atoms with E-state index >= 15 is 0 Å². The lowest BCUT2D eigenvalue weighted by Gasteiger charge is -2.32. The zero-order valence-corrected chi connectivity index (χ0v) is 30.1. The van der Waals surface area contributed by atoms with Gasteiger partial charge < -0.3 is 34.1 Å². The average Bonchev–Trinajstić information content (AvgIpc) is 3.70. The number of esters is 1. The number of amides is 2. The predicted octanol–water partition coefficient (Wildman–Crippen LogP) is 3.84. The minimum atomic E-state index is -0.884. The molecule has 0 spiro atoms. The first-order valence-corrected chi connectivity index (χ1v) is 18.2. The van der Waals surface area contributed by atoms with Gasteiger partial charge in [-0.1, -0.05) is 23.7 Å². The van der Waals surface area contributed by atoms with E-state index in [1.807, 2.05) is 18.2 Å². The Morgan fingerprint density at radius 2 is 1.89 bits per heavy atom. The molecule has 0 bridgehead atoms. The second-order valence-corrected chi connectivity index (χ2v) is 14.2. The van der Waals surface area contributed by atoms with Crippen molar-refractivity contribution in [3.8, 4) is 5.88 Å². The molecule has 0 radical (unpaired) electrons. The van der Waals surface area contributed by atoms with Crippen LogP contribution in [0.5, 0.6) is 5.88 Å². The number of nitrogens with zero attached hydrogens (tertiary/aromatic N) is 5. The van der Waals surface area contributed by atoms with E-state index in [1.165, 1.54) is 18.1 Å². The number of ether oxygens (including phenoxy) is 3. The van der Waals surface area contributed by atoms with Crippen LogP contribution in [0.2, 0.25) is 5.02 Å². The molecule has 0 unspecified atom stereocenters. The highest BCUT2D eigenvalue weighted by Gasteiger charge is 2.39. The third-order valence-electron chi connectivity index (χ3n) is 10.2. The van der Waals surface area contributed by atoms with Crippen LogP contribution in [0.1, 0.15) is 59.0 Å². The number of hydrogen-bond acceptors (Lipinski definition) is 10. The number of aliphatic hydroxyl groups is 1. The predicted molar refractivity (Wildman–Crippen MR) is 192 cm³/mol. The summed E-state index contributed by atoms with van der Waals surface area (Å²) >= 11 is 5.87. The van der Waals surface area contributed by atoms with Crippen molar-refractivity contribution in [3.05, 3.63) is 88.1 Å². The minimum absolute atomic E-state index is 0.00282. The van der Waals surface area contributed by atoms with Crippen LogP contribution in [-0.2, 0) is 38.8 Å². The van der Waals surface area contributed by atoms with Crippen molar-refractivity contribution < 1.29 is 38.1 Å². The summed E-state index contributed by atoms with van der Waals surface area (Å²) in [5, 5.41) is 13.0. The van der Waals surface area contributed by atoms with E-state index in [0.717, 1.165) is 56.0 Å². The summed E-state index contributed by atoms with van der Waals surface area (Å²) in [5.41, 5.74) is 3.27. The fraction of sp³-hybridized carbons (Fsp3) is 0.447. The average molecular weight is 749 g/mol. The Kier molecular flexibility index (Phi) is 11.2. The Labute approximate surface area is 311 Å². The molecule has 0 saturated carbocycles. The number of nitrogens with one attached hydrogen (secondary N) is 1. The Bertz CT molecular complexity index is 1980. The van der Waals surface area contributed by atoms with Crippen molar-refractivity contribution in [1.29, 1.82) is 0 Å². The lowest BCUT2D eigenvalue weighted by atomic mass is 9.93. The van der Waals surface area contributed by atoms with Crippen LogP contribution in [0.15, 0.2) is 54.6 Å². The van der Waals surface area contributed by atoms with Gasteiger partial charge >= 0.3 is 5.97 Å².